The standard InChI is InChI=1S/C12H9N3O2SSe/c16-18(17,9-5-2-1-3-6-9)13-10-7-4-8-11-12(10)15-19-14-11/h1-8,13H. The first-order chi connectivity index (χ1) is 9.17. The second-order valence-corrected chi connectivity index (χ2v) is 6.65. The normalized spacial score (nSPS) is 11.6. The van der Waals surface area contributed by atoms with Crippen molar-refractivity contribution in [3.05, 3.63) is 48.5 Å². The van der Waals surface area contributed by atoms with Crippen molar-refractivity contribution in [1.29, 1.82) is 0 Å². The Morgan fingerprint density at radius 2 is 1.74 bits per heavy atom. The van der Waals surface area contributed by atoms with Crippen LogP contribution in [0, 0.1) is 0 Å². The van der Waals surface area contributed by atoms with Crippen LogP contribution in [0.15, 0.2) is 53.4 Å². The molecule has 0 saturated carbocycles. The molecular weight excluding hydrogens is 329 g/mol. The zero-order chi connectivity index (χ0) is 13.3. The van der Waals surface area contributed by atoms with Crippen molar-refractivity contribution < 1.29 is 8.42 Å². The van der Waals surface area contributed by atoms with Gasteiger partial charge in [-0.2, -0.15) is 0 Å². The first kappa shape index (κ1) is 12.3. The van der Waals surface area contributed by atoms with Gasteiger partial charge in [0, 0.05) is 0 Å². The molecule has 7 heteroatoms. The number of hydrogen-bond donors (Lipinski definition) is 1. The molecule has 1 aromatic heterocycles. The zero-order valence-corrected chi connectivity index (χ0v) is 12.2. The number of benzene rings is 2. The third kappa shape index (κ3) is 2.40. The van der Waals surface area contributed by atoms with Gasteiger partial charge >= 0.3 is 116 Å². The number of sulfonamides is 1. The van der Waals surface area contributed by atoms with E-state index in [1.54, 1.807) is 42.5 Å². The fraction of sp³-hybridized carbons (Fsp3) is 0. The summed E-state index contributed by atoms with van der Waals surface area (Å²) >= 11 is -0.184. The molecule has 0 saturated heterocycles. The van der Waals surface area contributed by atoms with Crippen molar-refractivity contribution in [2.24, 2.45) is 0 Å². The SMILES string of the molecule is O=S(=O)(Nc1cccc2n[se]nc12)c1ccccc1. The number of aromatic nitrogens is 2. The van der Waals surface area contributed by atoms with E-state index in [4.69, 9.17) is 0 Å². The van der Waals surface area contributed by atoms with Crippen molar-refractivity contribution in [3.8, 4) is 0 Å². The third-order valence-corrected chi connectivity index (χ3v) is 5.10. The predicted molar refractivity (Wildman–Crippen MR) is 73.7 cm³/mol. The van der Waals surface area contributed by atoms with Gasteiger partial charge in [-0.15, -0.1) is 0 Å². The molecule has 0 amide bonds. The maximum atomic E-state index is 12.2. The van der Waals surface area contributed by atoms with Gasteiger partial charge in [-0.3, -0.25) is 0 Å². The molecule has 0 aliphatic carbocycles. The predicted octanol–water partition coefficient (Wildman–Crippen LogP) is 1.49. The number of hydrogen-bond acceptors (Lipinski definition) is 4. The van der Waals surface area contributed by atoms with Crippen LogP contribution in [0.25, 0.3) is 11.0 Å². The van der Waals surface area contributed by atoms with Crippen molar-refractivity contribution in [2.75, 3.05) is 4.72 Å². The van der Waals surface area contributed by atoms with Crippen molar-refractivity contribution in [3.63, 3.8) is 0 Å². The average Bonchev–Trinajstić information content (AvgIpc) is 2.89. The molecule has 0 unspecified atom stereocenters. The third-order valence-electron chi connectivity index (χ3n) is 2.58. The molecule has 1 heterocycles. The molecule has 0 atom stereocenters. The summed E-state index contributed by atoms with van der Waals surface area (Å²) < 4.78 is 35.5. The Bertz CT molecular complexity index is 815. The Morgan fingerprint density at radius 3 is 2.53 bits per heavy atom. The van der Waals surface area contributed by atoms with Crippen LogP contribution in [0.5, 0.6) is 0 Å². The Labute approximate surface area is 116 Å². The average molecular weight is 338 g/mol. The van der Waals surface area contributed by atoms with Crippen LogP contribution in [0.1, 0.15) is 0 Å². The van der Waals surface area contributed by atoms with Gasteiger partial charge in [-0.1, -0.05) is 0 Å². The summed E-state index contributed by atoms with van der Waals surface area (Å²) in [6.45, 7) is 0. The quantitative estimate of drug-likeness (QED) is 0.735. The Kier molecular flexibility index (Phi) is 3.10. The minimum absolute atomic E-state index is 0.184. The van der Waals surface area contributed by atoms with Crippen molar-refractivity contribution in [2.45, 2.75) is 4.90 Å². The second-order valence-electron chi connectivity index (χ2n) is 3.86. The fourth-order valence-electron chi connectivity index (χ4n) is 1.69. The van der Waals surface area contributed by atoms with Crippen LogP contribution < -0.4 is 4.72 Å². The molecular formula is C12H9N3O2SSe. The molecule has 3 aromatic rings. The first-order valence-corrected chi connectivity index (χ1v) is 8.47. The summed E-state index contributed by atoms with van der Waals surface area (Å²) in [5, 5.41) is 0. The number of fused-ring (bicyclic) bond motifs is 1. The van der Waals surface area contributed by atoms with E-state index in [2.05, 4.69) is 12.7 Å². The second kappa shape index (κ2) is 4.77. The number of rotatable bonds is 3. The van der Waals surface area contributed by atoms with Crippen molar-refractivity contribution in [1.82, 2.24) is 7.96 Å². The molecule has 2 aromatic carbocycles. The molecule has 96 valence electrons. The summed E-state index contributed by atoms with van der Waals surface area (Å²) in [6, 6.07) is 13.5. The molecule has 0 spiro atoms. The Hall–Kier alpha value is -1.69. The van der Waals surface area contributed by atoms with E-state index >= 15 is 0 Å². The van der Waals surface area contributed by atoms with Gasteiger partial charge in [-0.25, -0.2) is 0 Å². The molecule has 19 heavy (non-hydrogen) atoms. The van der Waals surface area contributed by atoms with E-state index in [1.165, 1.54) is 0 Å². The summed E-state index contributed by atoms with van der Waals surface area (Å²) in [7, 11) is -3.58. The molecule has 1 N–H and O–H groups in total. The van der Waals surface area contributed by atoms with Crippen LogP contribution in [0.3, 0.4) is 0 Å². The topological polar surface area (TPSA) is 72.0 Å². The summed E-state index contributed by atoms with van der Waals surface area (Å²) in [5.74, 6) is 0. The summed E-state index contributed by atoms with van der Waals surface area (Å²) in [6.07, 6.45) is 0. The molecule has 3 rings (SSSR count). The van der Waals surface area contributed by atoms with Crippen LogP contribution in [-0.4, -0.2) is 31.3 Å². The van der Waals surface area contributed by atoms with Gasteiger partial charge in [0.05, 0.1) is 0 Å². The van der Waals surface area contributed by atoms with Gasteiger partial charge < -0.3 is 0 Å². The fourth-order valence-corrected chi connectivity index (χ4v) is 3.93. The van der Waals surface area contributed by atoms with E-state index < -0.39 is 10.0 Å². The Morgan fingerprint density at radius 1 is 0.947 bits per heavy atom. The van der Waals surface area contributed by atoms with Gasteiger partial charge in [0.2, 0.25) is 0 Å². The molecule has 0 aliphatic rings. The number of nitrogens with zero attached hydrogens (tertiary/aromatic N) is 2. The number of nitrogens with one attached hydrogen (secondary N) is 1. The van der Waals surface area contributed by atoms with E-state index in [9.17, 15) is 8.42 Å². The van der Waals surface area contributed by atoms with Crippen LogP contribution in [0.4, 0.5) is 5.69 Å². The molecule has 0 fully saturated rings. The number of anilines is 1. The zero-order valence-electron chi connectivity index (χ0n) is 9.65. The van der Waals surface area contributed by atoms with E-state index in [-0.39, 0.29) is 19.9 Å². The molecule has 0 aliphatic heterocycles. The van der Waals surface area contributed by atoms with Crippen LogP contribution in [-0.2, 0) is 10.0 Å². The van der Waals surface area contributed by atoms with Gasteiger partial charge in [-0.05, 0) is 0 Å². The van der Waals surface area contributed by atoms with Gasteiger partial charge in [0.25, 0.3) is 0 Å². The van der Waals surface area contributed by atoms with Crippen LogP contribution in [0.2, 0.25) is 0 Å². The van der Waals surface area contributed by atoms with Gasteiger partial charge in [0.1, 0.15) is 0 Å². The van der Waals surface area contributed by atoms with E-state index in [0.717, 1.165) is 5.52 Å². The monoisotopic (exact) mass is 339 g/mol. The maximum absolute atomic E-state index is 12.2. The minimum atomic E-state index is -3.58. The van der Waals surface area contributed by atoms with Crippen LogP contribution >= 0.6 is 0 Å². The molecule has 0 bridgehead atoms. The molecule has 0 radical (unpaired) electrons. The first-order valence-electron chi connectivity index (χ1n) is 5.46. The van der Waals surface area contributed by atoms with E-state index in [0.29, 0.717) is 11.2 Å². The van der Waals surface area contributed by atoms with E-state index in [1.807, 2.05) is 6.07 Å². The summed E-state index contributed by atoms with van der Waals surface area (Å²) in [5.41, 5.74) is 1.85. The van der Waals surface area contributed by atoms with Gasteiger partial charge in [0.15, 0.2) is 0 Å². The Balaban J connectivity index is 2.04. The summed E-state index contributed by atoms with van der Waals surface area (Å²) in [4.78, 5) is 0.230. The van der Waals surface area contributed by atoms with Crippen molar-refractivity contribution >= 4 is 41.7 Å². The molecule has 5 nitrogen and oxygen atoms in total.